The lowest BCUT2D eigenvalue weighted by atomic mass is 10.0. The van der Waals surface area contributed by atoms with Crippen LogP contribution >= 0.6 is 0 Å². The topological polar surface area (TPSA) is 86.8 Å². The third-order valence-corrected chi connectivity index (χ3v) is 5.68. The van der Waals surface area contributed by atoms with E-state index in [1.165, 1.54) is 12.1 Å². The summed E-state index contributed by atoms with van der Waals surface area (Å²) in [6.45, 7) is 4.35. The van der Waals surface area contributed by atoms with Crippen molar-refractivity contribution in [3.63, 3.8) is 0 Å². The van der Waals surface area contributed by atoms with E-state index in [2.05, 4.69) is 27.2 Å². The number of benzene rings is 1. The fourth-order valence-electron chi connectivity index (χ4n) is 4.16. The molecule has 2 aliphatic heterocycles. The molecule has 1 N–H and O–H groups in total. The minimum atomic E-state index is -0.531. The lowest BCUT2D eigenvalue weighted by molar-refractivity contribution is 0.0965. The van der Waals surface area contributed by atoms with Gasteiger partial charge in [-0.1, -0.05) is 13.0 Å². The van der Waals surface area contributed by atoms with Gasteiger partial charge >= 0.3 is 0 Å². The molecule has 5 rings (SSSR count). The van der Waals surface area contributed by atoms with E-state index in [9.17, 15) is 14.4 Å². The van der Waals surface area contributed by atoms with Crippen LogP contribution in [-0.4, -0.2) is 33.8 Å². The standard InChI is InChI=1S/C22H19FN6O/c1-13-5-7-28(12-13)19-6-8-29(27-19)18-9-16(26-17-11-25-22(30)21(17)18)20-14(10-24)3-2-4-15(20)23/h2-4,6,8-9,13H,5,7,11-12H2,1H3,(H,25,30)/t13-/m0/s1. The molecular weight excluding hydrogens is 383 g/mol. The van der Waals surface area contributed by atoms with Crippen molar-refractivity contribution in [3.8, 4) is 23.0 Å². The Morgan fingerprint density at radius 2 is 2.17 bits per heavy atom. The Kier molecular flexibility index (Phi) is 4.24. The van der Waals surface area contributed by atoms with Gasteiger partial charge in [0, 0.05) is 25.4 Å². The molecular formula is C22H19FN6O. The Morgan fingerprint density at radius 3 is 2.93 bits per heavy atom. The molecule has 0 radical (unpaired) electrons. The minimum absolute atomic E-state index is 0.129. The molecule has 30 heavy (non-hydrogen) atoms. The molecule has 0 aliphatic carbocycles. The number of anilines is 1. The fourth-order valence-corrected chi connectivity index (χ4v) is 4.16. The molecule has 1 fully saturated rings. The van der Waals surface area contributed by atoms with E-state index >= 15 is 0 Å². The van der Waals surface area contributed by atoms with E-state index in [0.717, 1.165) is 25.3 Å². The molecule has 150 valence electrons. The third-order valence-electron chi connectivity index (χ3n) is 5.68. The largest absolute Gasteiger partial charge is 0.355 e. The van der Waals surface area contributed by atoms with Crippen molar-refractivity contribution in [2.75, 3.05) is 18.0 Å². The molecule has 1 atom stereocenters. The summed E-state index contributed by atoms with van der Waals surface area (Å²) in [4.78, 5) is 19.2. The van der Waals surface area contributed by atoms with Crippen LogP contribution in [0.1, 0.15) is 35.0 Å². The third kappa shape index (κ3) is 2.90. The fraction of sp³-hybridized carbons (Fsp3) is 0.273. The van der Waals surface area contributed by atoms with Gasteiger partial charge < -0.3 is 10.2 Å². The van der Waals surface area contributed by atoms with Crippen LogP contribution in [0.15, 0.2) is 36.5 Å². The highest BCUT2D eigenvalue weighted by Gasteiger charge is 2.28. The Morgan fingerprint density at radius 1 is 1.30 bits per heavy atom. The van der Waals surface area contributed by atoms with Crippen molar-refractivity contribution in [2.24, 2.45) is 5.92 Å². The molecule has 4 heterocycles. The summed E-state index contributed by atoms with van der Waals surface area (Å²) in [5, 5.41) is 16.9. The van der Waals surface area contributed by atoms with Gasteiger partial charge in [0.25, 0.3) is 5.91 Å². The number of aromatic nitrogens is 3. The second-order valence-electron chi connectivity index (χ2n) is 7.76. The number of carbonyl (C=O) groups is 1. The van der Waals surface area contributed by atoms with Crippen molar-refractivity contribution < 1.29 is 9.18 Å². The van der Waals surface area contributed by atoms with Crippen molar-refractivity contribution in [1.29, 1.82) is 5.26 Å². The quantitative estimate of drug-likeness (QED) is 0.728. The number of nitrogens with zero attached hydrogens (tertiary/aromatic N) is 5. The Labute approximate surface area is 172 Å². The van der Waals surface area contributed by atoms with Crippen molar-refractivity contribution in [2.45, 2.75) is 19.9 Å². The molecule has 0 spiro atoms. The van der Waals surface area contributed by atoms with Gasteiger partial charge in [0.1, 0.15) is 5.82 Å². The summed E-state index contributed by atoms with van der Waals surface area (Å²) in [6, 6.07) is 9.92. The average molecular weight is 402 g/mol. The van der Waals surface area contributed by atoms with E-state index in [1.54, 1.807) is 23.0 Å². The Bertz CT molecular complexity index is 1210. The number of hydrogen-bond donors (Lipinski definition) is 1. The summed E-state index contributed by atoms with van der Waals surface area (Å²) in [5.41, 5.74) is 2.10. The van der Waals surface area contributed by atoms with Gasteiger partial charge in [-0.25, -0.2) is 14.1 Å². The number of amides is 1. The number of hydrogen-bond acceptors (Lipinski definition) is 5. The van der Waals surface area contributed by atoms with E-state index in [4.69, 9.17) is 0 Å². The van der Waals surface area contributed by atoms with Gasteiger partial charge in [-0.15, -0.1) is 0 Å². The first-order valence-electron chi connectivity index (χ1n) is 9.87. The molecule has 8 heteroatoms. The predicted molar refractivity (Wildman–Crippen MR) is 109 cm³/mol. The van der Waals surface area contributed by atoms with Crippen molar-refractivity contribution in [1.82, 2.24) is 20.1 Å². The number of carbonyl (C=O) groups excluding carboxylic acids is 1. The predicted octanol–water partition coefficient (Wildman–Crippen LogP) is 3.03. The van der Waals surface area contributed by atoms with Crippen molar-refractivity contribution >= 4 is 11.7 Å². The Hall–Kier alpha value is -3.73. The number of halogens is 1. The molecule has 1 aromatic carbocycles. The Balaban J connectivity index is 1.66. The molecule has 2 aromatic heterocycles. The zero-order valence-electron chi connectivity index (χ0n) is 16.4. The second kappa shape index (κ2) is 6.95. The average Bonchev–Trinajstić information content (AvgIpc) is 3.47. The van der Waals surface area contributed by atoms with Crippen LogP contribution in [0.25, 0.3) is 16.9 Å². The van der Waals surface area contributed by atoms with E-state index in [0.29, 0.717) is 28.6 Å². The number of rotatable bonds is 3. The lowest BCUT2D eigenvalue weighted by Gasteiger charge is -2.15. The number of nitrogens with one attached hydrogen (secondary N) is 1. The van der Waals surface area contributed by atoms with Gasteiger partial charge in [0.2, 0.25) is 0 Å². The molecule has 1 amide bonds. The number of pyridine rings is 1. The highest BCUT2D eigenvalue weighted by atomic mass is 19.1. The van der Waals surface area contributed by atoms with Gasteiger partial charge in [0.05, 0.1) is 46.4 Å². The van der Waals surface area contributed by atoms with Gasteiger partial charge in [-0.2, -0.15) is 10.4 Å². The molecule has 0 saturated carbocycles. The van der Waals surface area contributed by atoms with Crippen molar-refractivity contribution in [3.05, 3.63) is 59.2 Å². The normalized spacial score (nSPS) is 17.7. The van der Waals surface area contributed by atoms with Gasteiger partial charge in [-0.3, -0.25) is 4.79 Å². The first-order valence-corrected chi connectivity index (χ1v) is 9.87. The van der Waals surface area contributed by atoms with Crippen LogP contribution in [0.5, 0.6) is 0 Å². The smallest absolute Gasteiger partial charge is 0.255 e. The molecule has 0 unspecified atom stereocenters. The first-order chi connectivity index (χ1) is 14.5. The van der Waals surface area contributed by atoms with Crippen LogP contribution in [0, 0.1) is 23.1 Å². The maximum atomic E-state index is 14.6. The zero-order chi connectivity index (χ0) is 20.8. The SMILES string of the molecule is C[C@H]1CCN(c2ccn(-c3cc(-c4c(F)cccc4C#N)nc4c3C(=O)NC4)n2)C1. The van der Waals surface area contributed by atoms with Gasteiger partial charge in [-0.05, 0) is 30.5 Å². The number of nitriles is 1. The first kappa shape index (κ1) is 18.3. The van der Waals surface area contributed by atoms with Crippen LogP contribution < -0.4 is 10.2 Å². The van der Waals surface area contributed by atoms with Crippen LogP contribution in [0.2, 0.25) is 0 Å². The maximum absolute atomic E-state index is 14.6. The highest BCUT2D eigenvalue weighted by molar-refractivity contribution is 6.01. The van der Waals surface area contributed by atoms with Gasteiger partial charge in [0.15, 0.2) is 5.82 Å². The molecule has 0 bridgehead atoms. The molecule has 3 aromatic rings. The lowest BCUT2D eigenvalue weighted by Crippen LogP contribution is -2.20. The second-order valence-corrected chi connectivity index (χ2v) is 7.76. The minimum Gasteiger partial charge on any atom is -0.355 e. The summed E-state index contributed by atoms with van der Waals surface area (Å²) < 4.78 is 16.3. The zero-order valence-corrected chi connectivity index (χ0v) is 16.4. The van der Waals surface area contributed by atoms with Crippen LogP contribution in [0.4, 0.5) is 10.2 Å². The summed E-state index contributed by atoms with van der Waals surface area (Å²) >= 11 is 0. The summed E-state index contributed by atoms with van der Waals surface area (Å²) in [6.07, 6.45) is 2.92. The summed E-state index contributed by atoms with van der Waals surface area (Å²) in [5.74, 6) is 0.688. The maximum Gasteiger partial charge on any atom is 0.255 e. The molecule has 7 nitrogen and oxygen atoms in total. The highest BCUT2D eigenvalue weighted by Crippen LogP contribution is 2.32. The van der Waals surface area contributed by atoms with E-state index < -0.39 is 5.82 Å². The summed E-state index contributed by atoms with van der Waals surface area (Å²) in [7, 11) is 0. The molecule has 1 saturated heterocycles. The van der Waals surface area contributed by atoms with E-state index in [-0.39, 0.29) is 23.6 Å². The van der Waals surface area contributed by atoms with E-state index in [1.807, 2.05) is 12.1 Å². The monoisotopic (exact) mass is 402 g/mol. The van der Waals surface area contributed by atoms with Crippen LogP contribution in [-0.2, 0) is 6.54 Å². The van der Waals surface area contributed by atoms with Crippen LogP contribution in [0.3, 0.4) is 0 Å². The number of fused-ring (bicyclic) bond motifs is 1. The molecule has 2 aliphatic rings.